The summed E-state index contributed by atoms with van der Waals surface area (Å²) in [5.41, 5.74) is 5.12. The monoisotopic (exact) mass is 177 g/mol. The van der Waals surface area contributed by atoms with Crippen LogP contribution in [0.15, 0.2) is 11.5 Å². The van der Waals surface area contributed by atoms with Gasteiger partial charge in [-0.3, -0.25) is 4.79 Å². The Morgan fingerprint density at radius 3 is 2.82 bits per heavy atom. The van der Waals surface area contributed by atoms with Gasteiger partial charge >= 0.3 is 5.97 Å². The van der Waals surface area contributed by atoms with Crippen molar-refractivity contribution < 1.29 is 14.5 Å². The molecule has 0 amide bonds. The Balaban J connectivity index is 3.74. The van der Waals surface area contributed by atoms with Gasteiger partial charge in [0.2, 0.25) is 0 Å². The minimum absolute atomic E-state index is 0.0281. The van der Waals surface area contributed by atoms with Crippen molar-refractivity contribution in [2.75, 3.05) is 5.75 Å². The third kappa shape index (κ3) is 4.83. The van der Waals surface area contributed by atoms with Crippen molar-refractivity contribution in [2.24, 2.45) is 5.73 Å². The maximum atomic E-state index is 10.8. The lowest BCUT2D eigenvalue weighted by atomic mass is 10.4. The number of hydrogen-bond donors (Lipinski definition) is 2. The van der Waals surface area contributed by atoms with Gasteiger partial charge in [0.1, 0.15) is 17.2 Å². The minimum Gasteiger partial charge on any atom is -0.612 e. The summed E-state index contributed by atoms with van der Waals surface area (Å²) < 4.78 is 10.8. The van der Waals surface area contributed by atoms with Crippen LogP contribution in [0.5, 0.6) is 0 Å². The van der Waals surface area contributed by atoms with Crippen LogP contribution < -0.4 is 5.73 Å². The fourth-order valence-electron chi connectivity index (χ4n) is 0.456. The van der Waals surface area contributed by atoms with Crippen molar-refractivity contribution in [2.45, 2.75) is 13.0 Å². The minimum atomic E-state index is -1.26. The Morgan fingerprint density at radius 1 is 1.91 bits per heavy atom. The summed E-state index contributed by atoms with van der Waals surface area (Å²) in [4.78, 5) is 10.2. The summed E-state index contributed by atoms with van der Waals surface area (Å²) >= 11 is -1.26. The number of carboxylic acid groups (broad SMARTS) is 1. The summed E-state index contributed by atoms with van der Waals surface area (Å²) in [5, 5.41) is 9.74. The summed E-state index contributed by atoms with van der Waals surface area (Å²) in [6.45, 7) is 1.71. The number of rotatable bonds is 4. The first-order valence-electron chi connectivity index (χ1n) is 3.06. The zero-order valence-corrected chi connectivity index (χ0v) is 7.00. The summed E-state index contributed by atoms with van der Waals surface area (Å²) in [6.07, 6.45) is 1.60. The van der Waals surface area contributed by atoms with E-state index in [-0.39, 0.29) is 5.75 Å². The summed E-state index contributed by atoms with van der Waals surface area (Å²) in [7, 11) is 0. The van der Waals surface area contributed by atoms with E-state index in [1.54, 1.807) is 13.0 Å². The van der Waals surface area contributed by atoms with E-state index in [0.29, 0.717) is 0 Å². The Morgan fingerprint density at radius 2 is 2.45 bits per heavy atom. The van der Waals surface area contributed by atoms with Gasteiger partial charge in [-0.05, 0) is 24.2 Å². The fourth-order valence-corrected chi connectivity index (χ4v) is 1.37. The van der Waals surface area contributed by atoms with E-state index in [2.05, 4.69) is 0 Å². The van der Waals surface area contributed by atoms with Crippen LogP contribution >= 0.6 is 0 Å². The van der Waals surface area contributed by atoms with Crippen LogP contribution in [-0.2, 0) is 16.0 Å². The number of nitrogens with two attached hydrogens (primary N) is 1. The van der Waals surface area contributed by atoms with Crippen molar-refractivity contribution in [3.63, 3.8) is 0 Å². The molecule has 0 aromatic carbocycles. The second-order valence-corrected chi connectivity index (χ2v) is 3.33. The van der Waals surface area contributed by atoms with E-state index in [1.807, 2.05) is 0 Å². The Bertz CT molecular complexity index is 160. The van der Waals surface area contributed by atoms with E-state index < -0.39 is 23.2 Å². The van der Waals surface area contributed by atoms with Gasteiger partial charge in [0, 0.05) is 0 Å². The number of carboxylic acids is 1. The van der Waals surface area contributed by atoms with Crippen LogP contribution in [0.25, 0.3) is 0 Å². The lowest BCUT2D eigenvalue weighted by Crippen LogP contribution is -2.36. The maximum Gasteiger partial charge on any atom is 0.325 e. The highest BCUT2D eigenvalue weighted by molar-refractivity contribution is 7.94. The highest BCUT2D eigenvalue weighted by atomic mass is 32.2. The molecule has 11 heavy (non-hydrogen) atoms. The van der Waals surface area contributed by atoms with Gasteiger partial charge in [0.05, 0.1) is 0 Å². The average molecular weight is 177 g/mol. The SMILES string of the molecule is C/C=C/[S+]([O-])C[C@H](N)C(=O)O. The molecule has 0 saturated carbocycles. The molecule has 0 heterocycles. The molecule has 64 valence electrons. The molecule has 0 spiro atoms. The molecule has 5 heteroatoms. The average Bonchev–Trinajstić information content (AvgIpc) is 1.87. The van der Waals surface area contributed by atoms with E-state index in [0.717, 1.165) is 0 Å². The number of hydrogen-bond acceptors (Lipinski definition) is 3. The molecule has 3 N–H and O–H groups in total. The van der Waals surface area contributed by atoms with E-state index >= 15 is 0 Å². The Labute approximate surface area is 68.3 Å². The molecular formula is C6H11NO3S. The van der Waals surface area contributed by atoms with Crippen molar-refractivity contribution >= 4 is 17.1 Å². The van der Waals surface area contributed by atoms with E-state index in [9.17, 15) is 9.35 Å². The zero-order valence-electron chi connectivity index (χ0n) is 6.19. The molecule has 0 aromatic rings. The molecule has 0 aliphatic heterocycles. The van der Waals surface area contributed by atoms with Crippen molar-refractivity contribution in [3.05, 3.63) is 11.5 Å². The van der Waals surface area contributed by atoms with Gasteiger partial charge in [0.25, 0.3) is 0 Å². The molecule has 1 unspecified atom stereocenters. The van der Waals surface area contributed by atoms with E-state index in [1.165, 1.54) is 5.41 Å². The highest BCUT2D eigenvalue weighted by Gasteiger charge is 2.17. The fraction of sp³-hybridized carbons (Fsp3) is 0.500. The normalized spacial score (nSPS) is 16.6. The number of allylic oxidation sites excluding steroid dienone is 1. The number of carbonyl (C=O) groups is 1. The van der Waals surface area contributed by atoms with E-state index in [4.69, 9.17) is 10.8 Å². The first-order chi connectivity index (χ1) is 5.07. The standard InChI is InChI=1S/C6H11NO3S/c1-2-3-11(10)4-5(7)6(8)9/h2-3,5H,4,7H2,1H3,(H,8,9)/b3-2+/t5-,11?/m0/s1. The van der Waals surface area contributed by atoms with Crippen molar-refractivity contribution in [3.8, 4) is 0 Å². The Hall–Kier alpha value is -0.520. The molecule has 4 nitrogen and oxygen atoms in total. The van der Waals surface area contributed by atoms with Gasteiger partial charge in [-0.25, -0.2) is 0 Å². The zero-order chi connectivity index (χ0) is 8.85. The third-order valence-electron chi connectivity index (χ3n) is 0.949. The van der Waals surface area contributed by atoms with Crippen LogP contribution in [-0.4, -0.2) is 27.4 Å². The molecule has 0 bridgehead atoms. The summed E-state index contributed by atoms with van der Waals surface area (Å²) in [6, 6.07) is -1.04. The van der Waals surface area contributed by atoms with Crippen LogP contribution in [0, 0.1) is 0 Å². The molecule has 0 fully saturated rings. The molecule has 2 atom stereocenters. The predicted molar refractivity (Wildman–Crippen MR) is 43.4 cm³/mol. The topological polar surface area (TPSA) is 86.4 Å². The van der Waals surface area contributed by atoms with Gasteiger partial charge in [-0.1, -0.05) is 0 Å². The van der Waals surface area contributed by atoms with Gasteiger partial charge in [0.15, 0.2) is 0 Å². The molecule has 0 rings (SSSR count). The Kier molecular flexibility index (Phi) is 4.93. The van der Waals surface area contributed by atoms with Crippen LogP contribution in [0.3, 0.4) is 0 Å². The van der Waals surface area contributed by atoms with Gasteiger partial charge in [-0.15, -0.1) is 0 Å². The molecule has 0 aromatic heterocycles. The maximum absolute atomic E-state index is 10.8. The smallest absolute Gasteiger partial charge is 0.325 e. The molecular weight excluding hydrogens is 166 g/mol. The molecule has 0 aliphatic rings. The first kappa shape index (κ1) is 10.5. The summed E-state index contributed by atoms with van der Waals surface area (Å²) in [5.74, 6) is -1.15. The third-order valence-corrected chi connectivity index (χ3v) is 2.21. The second-order valence-electron chi connectivity index (χ2n) is 1.96. The van der Waals surface area contributed by atoms with Crippen LogP contribution in [0.1, 0.15) is 6.92 Å². The van der Waals surface area contributed by atoms with Crippen molar-refractivity contribution in [1.29, 1.82) is 0 Å². The van der Waals surface area contributed by atoms with Crippen molar-refractivity contribution in [1.82, 2.24) is 0 Å². The van der Waals surface area contributed by atoms with Crippen LogP contribution in [0.4, 0.5) is 0 Å². The molecule has 0 saturated heterocycles. The second kappa shape index (κ2) is 5.17. The predicted octanol–water partition coefficient (Wildman–Crippen LogP) is -0.319. The van der Waals surface area contributed by atoms with Crippen LogP contribution in [0.2, 0.25) is 0 Å². The molecule has 0 aliphatic carbocycles. The lowest BCUT2D eigenvalue weighted by molar-refractivity contribution is -0.137. The number of aliphatic carboxylic acids is 1. The largest absolute Gasteiger partial charge is 0.612 e. The quantitative estimate of drug-likeness (QED) is 0.576. The van der Waals surface area contributed by atoms with Gasteiger partial charge < -0.3 is 15.4 Å². The highest BCUT2D eigenvalue weighted by Crippen LogP contribution is 1.95. The van der Waals surface area contributed by atoms with Gasteiger partial charge in [-0.2, -0.15) is 0 Å². The molecule has 0 radical (unpaired) electrons. The first-order valence-corrected chi connectivity index (χ1v) is 4.44. The lowest BCUT2D eigenvalue weighted by Gasteiger charge is -2.07.